The summed E-state index contributed by atoms with van der Waals surface area (Å²) in [5.41, 5.74) is 0. The van der Waals surface area contributed by atoms with Crippen LogP contribution in [0.4, 0.5) is 0 Å². The van der Waals surface area contributed by atoms with Crippen molar-refractivity contribution in [3.63, 3.8) is 0 Å². The van der Waals surface area contributed by atoms with Gasteiger partial charge in [-0.2, -0.15) is 0 Å². The first kappa shape index (κ1) is 15.2. The zero-order valence-electron chi connectivity index (χ0n) is 9.33. The molecule has 1 atom stereocenters. The van der Waals surface area contributed by atoms with E-state index in [1.165, 1.54) is 0 Å². The van der Waals surface area contributed by atoms with Crippen molar-refractivity contribution in [2.24, 2.45) is 5.92 Å². The van der Waals surface area contributed by atoms with Crippen molar-refractivity contribution < 1.29 is 13.2 Å². The molecule has 0 aliphatic heterocycles. The number of alkyl halides is 1. The number of methoxy groups -OCH3 is 1. The van der Waals surface area contributed by atoms with Gasteiger partial charge in [0.25, 0.3) is 0 Å². The molecule has 0 aromatic carbocycles. The fraction of sp³-hybridized carbons (Fsp3) is 1.00. The second kappa shape index (κ2) is 8.33. The molecule has 1 N–H and O–H groups in total. The molecule has 0 aromatic heterocycles. The molecule has 0 saturated carbocycles. The minimum atomic E-state index is -3.13. The topological polar surface area (TPSA) is 55.4 Å². The fourth-order valence-corrected chi connectivity index (χ4v) is 2.53. The lowest BCUT2D eigenvalue weighted by Crippen LogP contribution is -2.31. The zero-order valence-corrected chi connectivity index (χ0v) is 10.9. The third-order valence-corrected chi connectivity index (χ3v) is 3.60. The molecule has 0 saturated heterocycles. The van der Waals surface area contributed by atoms with Crippen LogP contribution in [-0.2, 0) is 14.8 Å². The maximum absolute atomic E-state index is 11.4. The van der Waals surface area contributed by atoms with Gasteiger partial charge in [0.15, 0.2) is 0 Å². The van der Waals surface area contributed by atoms with E-state index >= 15 is 0 Å². The Morgan fingerprint density at radius 2 is 2.07 bits per heavy atom. The molecule has 4 nitrogen and oxygen atoms in total. The number of rotatable bonds is 9. The van der Waals surface area contributed by atoms with Crippen LogP contribution in [0.5, 0.6) is 0 Å². The lowest BCUT2D eigenvalue weighted by molar-refractivity contribution is 0.161. The normalized spacial score (nSPS) is 14.1. The van der Waals surface area contributed by atoms with Crippen LogP contribution in [0.1, 0.15) is 19.8 Å². The summed E-state index contributed by atoms with van der Waals surface area (Å²) < 4.78 is 30.3. The van der Waals surface area contributed by atoms with Gasteiger partial charge in [0.1, 0.15) is 0 Å². The number of hydrogen-bond acceptors (Lipinski definition) is 3. The summed E-state index contributed by atoms with van der Waals surface area (Å²) in [6.07, 6.45) is 1.34. The lowest BCUT2D eigenvalue weighted by Gasteiger charge is -2.11. The van der Waals surface area contributed by atoms with Crippen molar-refractivity contribution in [2.75, 3.05) is 31.9 Å². The predicted octanol–water partition coefficient (Wildman–Crippen LogP) is 1.21. The Bertz CT molecular complexity index is 244. The first-order chi connectivity index (χ1) is 7.02. The molecule has 0 rings (SSSR count). The van der Waals surface area contributed by atoms with Crippen LogP contribution >= 0.6 is 11.6 Å². The highest BCUT2D eigenvalue weighted by Gasteiger charge is 2.11. The summed E-state index contributed by atoms with van der Waals surface area (Å²) in [4.78, 5) is 0. The quantitative estimate of drug-likeness (QED) is 0.499. The Kier molecular flexibility index (Phi) is 8.42. The average molecular weight is 258 g/mol. The van der Waals surface area contributed by atoms with Gasteiger partial charge in [0.05, 0.1) is 5.75 Å². The number of unbranched alkanes of at least 4 members (excludes halogenated alkanes) is 1. The monoisotopic (exact) mass is 257 g/mol. The molecule has 0 heterocycles. The average Bonchev–Trinajstić information content (AvgIpc) is 2.16. The number of halogens is 1. The molecule has 0 spiro atoms. The Hall–Kier alpha value is 0.160. The van der Waals surface area contributed by atoms with Gasteiger partial charge in [-0.15, -0.1) is 11.6 Å². The molecule has 0 amide bonds. The summed E-state index contributed by atoms with van der Waals surface area (Å²) in [7, 11) is -1.53. The molecule has 6 heteroatoms. The second-order valence-corrected chi connectivity index (χ2v) is 5.93. The number of sulfonamides is 1. The number of nitrogens with one attached hydrogen (secondary N) is 1. The van der Waals surface area contributed by atoms with Crippen LogP contribution in [0.15, 0.2) is 0 Å². The summed E-state index contributed by atoms with van der Waals surface area (Å²) in [5.74, 6) is 0.854. The molecule has 1 unspecified atom stereocenters. The van der Waals surface area contributed by atoms with E-state index in [0.29, 0.717) is 25.5 Å². The second-order valence-electron chi connectivity index (χ2n) is 3.62. The SMILES string of the molecule is COCC(C)CNS(=O)(=O)CCCCCl. The predicted molar refractivity (Wildman–Crippen MR) is 62.8 cm³/mol. The third kappa shape index (κ3) is 9.11. The number of ether oxygens (including phenoxy) is 1. The highest BCUT2D eigenvalue weighted by molar-refractivity contribution is 7.89. The molecule has 15 heavy (non-hydrogen) atoms. The summed E-state index contributed by atoms with van der Waals surface area (Å²) in [5, 5.41) is 0. The van der Waals surface area contributed by atoms with Crippen molar-refractivity contribution >= 4 is 21.6 Å². The van der Waals surface area contributed by atoms with E-state index in [2.05, 4.69) is 4.72 Å². The van der Waals surface area contributed by atoms with E-state index < -0.39 is 10.0 Å². The van der Waals surface area contributed by atoms with Crippen LogP contribution < -0.4 is 4.72 Å². The van der Waals surface area contributed by atoms with Crippen molar-refractivity contribution in [1.82, 2.24) is 4.72 Å². The Morgan fingerprint density at radius 1 is 1.40 bits per heavy atom. The summed E-state index contributed by atoms with van der Waals surface area (Å²) in [6.45, 7) is 2.92. The van der Waals surface area contributed by atoms with E-state index in [1.807, 2.05) is 6.92 Å². The summed E-state index contributed by atoms with van der Waals surface area (Å²) in [6, 6.07) is 0. The highest BCUT2D eigenvalue weighted by Crippen LogP contribution is 1.98. The minimum Gasteiger partial charge on any atom is -0.384 e. The van der Waals surface area contributed by atoms with Crippen LogP contribution in [0.2, 0.25) is 0 Å². The first-order valence-corrected chi connectivity index (χ1v) is 7.22. The first-order valence-electron chi connectivity index (χ1n) is 5.04. The molecule has 0 bridgehead atoms. The Labute approximate surface area is 97.4 Å². The standard InChI is InChI=1S/C9H20ClNO3S/c1-9(8-14-2)7-11-15(12,13)6-4-3-5-10/h9,11H,3-8H2,1-2H3. The highest BCUT2D eigenvalue weighted by atomic mass is 35.5. The van der Waals surface area contributed by atoms with Gasteiger partial charge in [-0.05, 0) is 18.8 Å². The number of hydrogen-bond donors (Lipinski definition) is 1. The van der Waals surface area contributed by atoms with Gasteiger partial charge in [-0.3, -0.25) is 0 Å². The van der Waals surface area contributed by atoms with Gasteiger partial charge < -0.3 is 4.74 Å². The van der Waals surface area contributed by atoms with Crippen LogP contribution in [0.3, 0.4) is 0 Å². The van der Waals surface area contributed by atoms with Gasteiger partial charge >= 0.3 is 0 Å². The molecule has 0 aliphatic rings. The molecule has 0 aromatic rings. The van der Waals surface area contributed by atoms with Crippen molar-refractivity contribution in [3.05, 3.63) is 0 Å². The van der Waals surface area contributed by atoms with E-state index in [1.54, 1.807) is 7.11 Å². The van der Waals surface area contributed by atoms with Crippen LogP contribution in [-0.4, -0.2) is 40.3 Å². The Balaban J connectivity index is 3.73. The van der Waals surface area contributed by atoms with E-state index in [9.17, 15) is 8.42 Å². The van der Waals surface area contributed by atoms with Gasteiger partial charge in [-0.25, -0.2) is 13.1 Å². The van der Waals surface area contributed by atoms with Crippen LogP contribution in [0, 0.1) is 5.92 Å². The zero-order chi connectivity index (χ0) is 11.7. The molecule has 0 fully saturated rings. The Morgan fingerprint density at radius 3 is 2.60 bits per heavy atom. The molecular formula is C9H20ClNO3S. The molecule has 0 aliphatic carbocycles. The van der Waals surface area contributed by atoms with E-state index in [4.69, 9.17) is 16.3 Å². The smallest absolute Gasteiger partial charge is 0.211 e. The molecule has 92 valence electrons. The fourth-order valence-electron chi connectivity index (χ4n) is 1.07. The summed E-state index contributed by atoms with van der Waals surface area (Å²) >= 11 is 5.47. The maximum Gasteiger partial charge on any atom is 0.211 e. The minimum absolute atomic E-state index is 0.152. The van der Waals surface area contributed by atoms with Gasteiger partial charge in [0, 0.05) is 26.1 Å². The lowest BCUT2D eigenvalue weighted by atomic mass is 10.2. The van der Waals surface area contributed by atoms with Gasteiger partial charge in [0.2, 0.25) is 10.0 Å². The van der Waals surface area contributed by atoms with Crippen molar-refractivity contribution in [3.8, 4) is 0 Å². The van der Waals surface area contributed by atoms with Crippen LogP contribution in [0.25, 0.3) is 0 Å². The van der Waals surface area contributed by atoms with Crippen molar-refractivity contribution in [2.45, 2.75) is 19.8 Å². The third-order valence-electron chi connectivity index (χ3n) is 1.90. The largest absolute Gasteiger partial charge is 0.384 e. The van der Waals surface area contributed by atoms with E-state index in [0.717, 1.165) is 6.42 Å². The maximum atomic E-state index is 11.4. The van der Waals surface area contributed by atoms with E-state index in [-0.39, 0.29) is 11.7 Å². The molecule has 0 radical (unpaired) electrons. The molecular weight excluding hydrogens is 238 g/mol. The van der Waals surface area contributed by atoms with Crippen molar-refractivity contribution in [1.29, 1.82) is 0 Å². The van der Waals surface area contributed by atoms with Gasteiger partial charge in [-0.1, -0.05) is 6.92 Å².